The zero-order valence-corrected chi connectivity index (χ0v) is 14.1. The number of nitrogens with one attached hydrogen (secondary N) is 1. The third-order valence-corrected chi connectivity index (χ3v) is 4.87. The zero-order chi connectivity index (χ0) is 16.0. The average Bonchev–Trinajstić information content (AvgIpc) is 3.06. The number of hydrogen-bond donors (Lipinski definition) is 1. The molecule has 1 amide bonds. The number of nitrogens with zero attached hydrogens (tertiary/aromatic N) is 1. The summed E-state index contributed by atoms with van der Waals surface area (Å²) < 4.78 is 5.36. The molecule has 0 aromatic carbocycles. The van der Waals surface area contributed by atoms with Gasteiger partial charge in [-0.05, 0) is 25.3 Å². The molecule has 0 aliphatic carbocycles. The maximum Gasteiger partial charge on any atom is 0.220 e. The van der Waals surface area contributed by atoms with Gasteiger partial charge in [0.2, 0.25) is 5.91 Å². The minimum atomic E-state index is -0.1000. The van der Waals surface area contributed by atoms with E-state index in [2.05, 4.69) is 24.1 Å². The van der Waals surface area contributed by atoms with E-state index in [0.29, 0.717) is 6.54 Å². The molecule has 1 aromatic heterocycles. The molecule has 0 unspecified atom stereocenters. The smallest absolute Gasteiger partial charge is 0.220 e. The zero-order valence-electron chi connectivity index (χ0n) is 13.3. The molecular weight excluding hydrogens is 300 g/mol. The Balaban J connectivity index is 1.71. The summed E-state index contributed by atoms with van der Waals surface area (Å²) in [6.07, 6.45) is 0.514. The van der Waals surface area contributed by atoms with Crippen LogP contribution in [-0.4, -0.2) is 55.0 Å². The van der Waals surface area contributed by atoms with Crippen LogP contribution in [0.3, 0.4) is 0 Å². The molecule has 0 bridgehead atoms. The second-order valence-electron chi connectivity index (χ2n) is 6.09. The second kappa shape index (κ2) is 7.85. The van der Waals surface area contributed by atoms with E-state index < -0.39 is 0 Å². The van der Waals surface area contributed by atoms with E-state index in [9.17, 15) is 9.59 Å². The summed E-state index contributed by atoms with van der Waals surface area (Å²) in [7, 11) is 0. The highest BCUT2D eigenvalue weighted by atomic mass is 32.1. The first-order valence-electron chi connectivity index (χ1n) is 7.65. The lowest BCUT2D eigenvalue weighted by Gasteiger charge is -2.40. The molecule has 1 saturated heterocycles. The summed E-state index contributed by atoms with van der Waals surface area (Å²) in [5.41, 5.74) is -0.1000. The lowest BCUT2D eigenvalue weighted by atomic mass is 10.0. The molecule has 0 spiro atoms. The van der Waals surface area contributed by atoms with Gasteiger partial charge in [-0.1, -0.05) is 6.07 Å². The average molecular weight is 324 g/mol. The standard InChI is InChI=1S/C16H24N2O3S/c1-16(2,18-7-9-21-10-8-18)12-17-15(20)6-5-13(19)14-4-3-11-22-14/h3-4,11H,5-10,12H2,1-2H3,(H,17,20). The van der Waals surface area contributed by atoms with Crippen LogP contribution in [0.1, 0.15) is 36.4 Å². The monoisotopic (exact) mass is 324 g/mol. The van der Waals surface area contributed by atoms with Crippen LogP contribution in [0.15, 0.2) is 17.5 Å². The third-order valence-electron chi connectivity index (χ3n) is 3.96. The molecule has 1 aliphatic heterocycles. The van der Waals surface area contributed by atoms with Crippen molar-refractivity contribution in [2.24, 2.45) is 0 Å². The van der Waals surface area contributed by atoms with E-state index in [1.54, 1.807) is 6.07 Å². The summed E-state index contributed by atoms with van der Waals surface area (Å²) in [5.74, 6) is -0.0242. The number of hydrogen-bond acceptors (Lipinski definition) is 5. The molecule has 1 N–H and O–H groups in total. The van der Waals surface area contributed by atoms with Crippen molar-refractivity contribution in [1.82, 2.24) is 10.2 Å². The molecule has 1 aliphatic rings. The van der Waals surface area contributed by atoms with E-state index in [1.165, 1.54) is 11.3 Å². The topological polar surface area (TPSA) is 58.6 Å². The fraction of sp³-hybridized carbons (Fsp3) is 0.625. The normalized spacial score (nSPS) is 16.5. The Kier molecular flexibility index (Phi) is 6.11. The summed E-state index contributed by atoms with van der Waals surface area (Å²) in [6, 6.07) is 3.65. The van der Waals surface area contributed by atoms with E-state index in [0.717, 1.165) is 31.2 Å². The number of thiophene rings is 1. The highest BCUT2D eigenvalue weighted by Gasteiger charge is 2.28. The van der Waals surface area contributed by atoms with E-state index in [1.807, 2.05) is 11.4 Å². The van der Waals surface area contributed by atoms with Gasteiger partial charge in [0.05, 0.1) is 18.1 Å². The molecule has 122 valence electrons. The number of Topliss-reactive ketones (excluding diaryl/α,β-unsaturated/α-hetero) is 1. The van der Waals surface area contributed by atoms with Gasteiger partial charge in [-0.3, -0.25) is 14.5 Å². The summed E-state index contributed by atoms with van der Waals surface area (Å²) >= 11 is 1.42. The quantitative estimate of drug-likeness (QED) is 0.779. The van der Waals surface area contributed by atoms with Crippen LogP contribution in [0.4, 0.5) is 0 Å². The molecule has 2 rings (SSSR count). The Hall–Kier alpha value is -1.24. The fourth-order valence-corrected chi connectivity index (χ4v) is 3.17. The van der Waals surface area contributed by atoms with Crippen LogP contribution >= 0.6 is 11.3 Å². The van der Waals surface area contributed by atoms with Crippen molar-refractivity contribution in [1.29, 1.82) is 0 Å². The van der Waals surface area contributed by atoms with Crippen LogP contribution in [0.5, 0.6) is 0 Å². The lowest BCUT2D eigenvalue weighted by Crippen LogP contribution is -2.55. The van der Waals surface area contributed by atoms with Gasteiger partial charge in [0.25, 0.3) is 0 Å². The van der Waals surface area contributed by atoms with Gasteiger partial charge in [-0.15, -0.1) is 11.3 Å². The largest absolute Gasteiger partial charge is 0.379 e. The van der Waals surface area contributed by atoms with Gasteiger partial charge in [-0.25, -0.2) is 0 Å². The van der Waals surface area contributed by atoms with Crippen LogP contribution in [0.25, 0.3) is 0 Å². The highest BCUT2D eigenvalue weighted by molar-refractivity contribution is 7.12. The Labute approximate surface area is 135 Å². The van der Waals surface area contributed by atoms with Gasteiger partial charge in [0, 0.05) is 38.0 Å². The molecule has 5 nitrogen and oxygen atoms in total. The summed E-state index contributed by atoms with van der Waals surface area (Å²) in [4.78, 5) is 26.9. The van der Waals surface area contributed by atoms with Crippen LogP contribution in [-0.2, 0) is 9.53 Å². The summed E-state index contributed by atoms with van der Waals surface area (Å²) in [6.45, 7) is 8.09. The molecule has 0 radical (unpaired) electrons. The Morgan fingerprint density at radius 1 is 1.32 bits per heavy atom. The van der Waals surface area contributed by atoms with Crippen molar-refractivity contribution >= 4 is 23.0 Å². The van der Waals surface area contributed by atoms with Crippen molar-refractivity contribution in [3.8, 4) is 0 Å². The van der Waals surface area contributed by atoms with Crippen molar-refractivity contribution in [2.45, 2.75) is 32.2 Å². The predicted molar refractivity (Wildman–Crippen MR) is 87.4 cm³/mol. The SMILES string of the molecule is CC(C)(CNC(=O)CCC(=O)c1cccs1)N1CCOCC1. The van der Waals surface area contributed by atoms with E-state index in [4.69, 9.17) is 4.74 Å². The predicted octanol–water partition coefficient (Wildman–Crippen LogP) is 1.94. The number of rotatable bonds is 7. The molecular formula is C16H24N2O3S. The van der Waals surface area contributed by atoms with Crippen molar-refractivity contribution < 1.29 is 14.3 Å². The second-order valence-corrected chi connectivity index (χ2v) is 7.04. The first kappa shape index (κ1) is 17.1. The van der Waals surface area contributed by atoms with Gasteiger partial charge >= 0.3 is 0 Å². The van der Waals surface area contributed by atoms with Gasteiger partial charge in [-0.2, -0.15) is 0 Å². The number of ether oxygens (including phenoxy) is 1. The Morgan fingerprint density at radius 3 is 2.68 bits per heavy atom. The minimum absolute atomic E-state index is 0.0394. The molecule has 1 aromatic rings. The Morgan fingerprint density at radius 2 is 2.05 bits per heavy atom. The molecule has 0 atom stereocenters. The Bertz CT molecular complexity index is 493. The maximum atomic E-state index is 11.9. The number of carbonyl (C=O) groups excluding carboxylic acids is 2. The fourth-order valence-electron chi connectivity index (χ4n) is 2.47. The molecule has 1 fully saturated rings. The van der Waals surface area contributed by atoms with Crippen LogP contribution < -0.4 is 5.32 Å². The number of morpholine rings is 1. The first-order valence-corrected chi connectivity index (χ1v) is 8.53. The van der Waals surface area contributed by atoms with Crippen molar-refractivity contribution in [3.05, 3.63) is 22.4 Å². The third kappa shape index (κ3) is 4.90. The number of carbonyl (C=O) groups is 2. The summed E-state index contributed by atoms with van der Waals surface area (Å²) in [5, 5.41) is 4.82. The van der Waals surface area contributed by atoms with Crippen LogP contribution in [0, 0.1) is 0 Å². The number of ketones is 1. The van der Waals surface area contributed by atoms with E-state index >= 15 is 0 Å². The van der Waals surface area contributed by atoms with E-state index in [-0.39, 0.29) is 30.1 Å². The minimum Gasteiger partial charge on any atom is -0.379 e. The molecule has 22 heavy (non-hydrogen) atoms. The molecule has 2 heterocycles. The highest BCUT2D eigenvalue weighted by Crippen LogP contribution is 2.15. The van der Waals surface area contributed by atoms with Crippen molar-refractivity contribution in [2.75, 3.05) is 32.8 Å². The molecule has 6 heteroatoms. The first-order chi connectivity index (χ1) is 10.5. The number of amides is 1. The van der Waals surface area contributed by atoms with Gasteiger partial charge in [0.1, 0.15) is 0 Å². The van der Waals surface area contributed by atoms with Gasteiger partial charge in [0.15, 0.2) is 5.78 Å². The van der Waals surface area contributed by atoms with Gasteiger partial charge < -0.3 is 10.1 Å². The maximum absolute atomic E-state index is 11.9. The van der Waals surface area contributed by atoms with Crippen LogP contribution in [0.2, 0.25) is 0 Å². The molecule has 0 saturated carbocycles. The lowest BCUT2D eigenvalue weighted by molar-refractivity contribution is -0.121. The van der Waals surface area contributed by atoms with Crippen molar-refractivity contribution in [3.63, 3.8) is 0 Å².